The predicted octanol–water partition coefficient (Wildman–Crippen LogP) is 2.56. The monoisotopic (exact) mass is 199 g/mol. The second kappa shape index (κ2) is 5.12. The summed E-state index contributed by atoms with van der Waals surface area (Å²) in [5.41, 5.74) is 0.169. The summed E-state index contributed by atoms with van der Waals surface area (Å²) in [6.07, 6.45) is 3.30. The lowest BCUT2D eigenvalue weighted by atomic mass is 9.79. The number of rotatable bonds is 4. The largest absolute Gasteiger partial charge is 0.260 e. The Bertz CT molecular complexity index is 386. The molecule has 0 saturated heterocycles. The Morgan fingerprint density at radius 2 is 2.20 bits per heavy atom. The van der Waals surface area contributed by atoms with Crippen LogP contribution in [-0.4, -0.2) is 4.98 Å². The van der Waals surface area contributed by atoms with Crippen molar-refractivity contribution in [1.82, 2.24) is 4.98 Å². The molecule has 0 aromatic carbocycles. The van der Waals surface area contributed by atoms with Crippen molar-refractivity contribution in [2.75, 3.05) is 0 Å². The first-order chi connectivity index (χ1) is 7.29. The van der Waals surface area contributed by atoms with Crippen LogP contribution in [0.15, 0.2) is 24.4 Å². The molecule has 0 aliphatic carbocycles. The van der Waals surface area contributed by atoms with Gasteiger partial charge in [0.15, 0.2) is 0 Å². The summed E-state index contributed by atoms with van der Waals surface area (Å²) in [4.78, 5) is 4.21. The topological polar surface area (TPSA) is 60.5 Å². The maximum Gasteiger partial charge on any atom is 0.1000 e. The van der Waals surface area contributed by atoms with Crippen molar-refractivity contribution in [3.8, 4) is 12.1 Å². The summed E-state index contributed by atoms with van der Waals surface area (Å²) in [6.45, 7) is 1.95. The first kappa shape index (κ1) is 11.2. The van der Waals surface area contributed by atoms with Crippen molar-refractivity contribution in [3.05, 3.63) is 30.1 Å². The highest BCUT2D eigenvalue weighted by molar-refractivity contribution is 5.26. The highest BCUT2D eigenvalue weighted by Gasteiger charge is 2.31. The molecule has 1 rings (SSSR count). The van der Waals surface area contributed by atoms with Crippen LogP contribution in [0.2, 0.25) is 0 Å². The van der Waals surface area contributed by atoms with E-state index >= 15 is 0 Å². The Kier molecular flexibility index (Phi) is 3.83. The quantitative estimate of drug-likeness (QED) is 0.748. The molecule has 0 spiro atoms. The van der Waals surface area contributed by atoms with Crippen LogP contribution in [0.3, 0.4) is 0 Å². The zero-order valence-electron chi connectivity index (χ0n) is 8.77. The van der Waals surface area contributed by atoms with Gasteiger partial charge in [0, 0.05) is 12.6 Å². The van der Waals surface area contributed by atoms with Crippen LogP contribution in [0.1, 0.15) is 31.9 Å². The second-order valence-electron chi connectivity index (χ2n) is 3.42. The van der Waals surface area contributed by atoms with Crippen LogP contribution in [0, 0.1) is 22.7 Å². The molecule has 1 heterocycles. The molecule has 1 atom stereocenters. The molecule has 0 amide bonds. The van der Waals surface area contributed by atoms with Crippen molar-refractivity contribution in [1.29, 1.82) is 10.5 Å². The molecule has 1 aromatic heterocycles. The number of nitriles is 2. The molecule has 0 radical (unpaired) electrons. The SMILES string of the molecule is CCC(C#N)(CCC#N)c1ccccn1. The van der Waals surface area contributed by atoms with Gasteiger partial charge in [0.1, 0.15) is 0 Å². The van der Waals surface area contributed by atoms with Crippen LogP contribution in [0.4, 0.5) is 0 Å². The molecule has 0 aliphatic heterocycles. The summed E-state index contributed by atoms with van der Waals surface area (Å²) in [7, 11) is 0. The minimum absolute atomic E-state index is 0.387. The van der Waals surface area contributed by atoms with E-state index in [1.165, 1.54) is 0 Å². The molecule has 1 unspecified atom stereocenters. The minimum atomic E-state index is -0.600. The van der Waals surface area contributed by atoms with E-state index in [-0.39, 0.29) is 0 Å². The predicted molar refractivity (Wildman–Crippen MR) is 56.7 cm³/mol. The smallest absolute Gasteiger partial charge is 0.1000 e. The molecule has 1 aromatic rings. The standard InChI is InChI=1S/C12H13N3/c1-2-12(10-14,7-5-8-13)11-6-3-4-9-15-11/h3-4,6,9H,2,5,7H2,1H3. The van der Waals surface area contributed by atoms with Crippen molar-refractivity contribution < 1.29 is 0 Å². The summed E-state index contributed by atoms with van der Waals surface area (Å²) < 4.78 is 0. The summed E-state index contributed by atoms with van der Waals surface area (Å²) in [5, 5.41) is 17.8. The summed E-state index contributed by atoms with van der Waals surface area (Å²) >= 11 is 0. The third-order valence-corrected chi connectivity index (χ3v) is 2.64. The van der Waals surface area contributed by atoms with Crippen molar-refractivity contribution in [3.63, 3.8) is 0 Å². The van der Waals surface area contributed by atoms with Crippen LogP contribution < -0.4 is 0 Å². The number of aromatic nitrogens is 1. The van der Waals surface area contributed by atoms with Crippen LogP contribution in [-0.2, 0) is 5.41 Å². The third-order valence-electron chi connectivity index (χ3n) is 2.64. The fourth-order valence-corrected chi connectivity index (χ4v) is 1.59. The maximum absolute atomic E-state index is 9.26. The third kappa shape index (κ3) is 2.33. The van der Waals surface area contributed by atoms with E-state index in [2.05, 4.69) is 17.1 Å². The van der Waals surface area contributed by atoms with Gasteiger partial charge in [0.05, 0.1) is 23.2 Å². The zero-order chi connectivity index (χ0) is 11.1. The van der Waals surface area contributed by atoms with Gasteiger partial charge >= 0.3 is 0 Å². The lowest BCUT2D eigenvalue weighted by Gasteiger charge is -2.22. The summed E-state index contributed by atoms with van der Waals surface area (Å²) in [6, 6.07) is 9.93. The van der Waals surface area contributed by atoms with Gasteiger partial charge in [0.25, 0.3) is 0 Å². The van der Waals surface area contributed by atoms with E-state index in [9.17, 15) is 5.26 Å². The normalized spacial score (nSPS) is 13.5. The van der Waals surface area contributed by atoms with Gasteiger partial charge in [-0.1, -0.05) is 13.0 Å². The Labute approximate surface area is 90.0 Å². The Morgan fingerprint density at radius 3 is 2.67 bits per heavy atom. The molecule has 3 nitrogen and oxygen atoms in total. The van der Waals surface area contributed by atoms with Gasteiger partial charge in [-0.3, -0.25) is 4.98 Å². The van der Waals surface area contributed by atoms with E-state index in [0.29, 0.717) is 19.3 Å². The highest BCUT2D eigenvalue weighted by Crippen LogP contribution is 2.30. The Morgan fingerprint density at radius 1 is 1.40 bits per heavy atom. The number of hydrogen-bond donors (Lipinski definition) is 0. The molecule has 0 bridgehead atoms. The van der Waals surface area contributed by atoms with Crippen LogP contribution in [0.25, 0.3) is 0 Å². The van der Waals surface area contributed by atoms with Gasteiger partial charge in [-0.2, -0.15) is 10.5 Å². The first-order valence-electron chi connectivity index (χ1n) is 4.99. The van der Waals surface area contributed by atoms with Gasteiger partial charge < -0.3 is 0 Å². The average Bonchev–Trinajstić information content (AvgIpc) is 2.33. The van der Waals surface area contributed by atoms with E-state index < -0.39 is 5.41 Å². The maximum atomic E-state index is 9.26. The van der Waals surface area contributed by atoms with Gasteiger partial charge in [-0.25, -0.2) is 0 Å². The molecule has 76 valence electrons. The van der Waals surface area contributed by atoms with Crippen molar-refractivity contribution in [2.45, 2.75) is 31.6 Å². The molecule has 0 fully saturated rings. The van der Waals surface area contributed by atoms with Crippen LogP contribution >= 0.6 is 0 Å². The molecule has 15 heavy (non-hydrogen) atoms. The van der Waals surface area contributed by atoms with E-state index in [0.717, 1.165) is 5.69 Å². The lowest BCUT2D eigenvalue weighted by molar-refractivity contribution is 0.479. The molecule has 0 N–H and O–H groups in total. The number of pyridine rings is 1. The highest BCUT2D eigenvalue weighted by atomic mass is 14.7. The van der Waals surface area contributed by atoms with E-state index in [1.54, 1.807) is 6.20 Å². The zero-order valence-corrected chi connectivity index (χ0v) is 8.77. The van der Waals surface area contributed by atoms with Crippen molar-refractivity contribution in [2.24, 2.45) is 0 Å². The number of nitrogens with zero attached hydrogens (tertiary/aromatic N) is 3. The van der Waals surface area contributed by atoms with E-state index in [1.807, 2.05) is 25.1 Å². The minimum Gasteiger partial charge on any atom is -0.260 e. The average molecular weight is 199 g/mol. The Hall–Kier alpha value is -1.87. The Balaban J connectivity index is 3.03. The molecule has 0 aliphatic rings. The molecule has 0 saturated carbocycles. The second-order valence-corrected chi connectivity index (χ2v) is 3.42. The molecular weight excluding hydrogens is 186 g/mol. The molecule has 3 heteroatoms. The van der Waals surface area contributed by atoms with Gasteiger partial charge in [-0.05, 0) is 25.0 Å². The fourth-order valence-electron chi connectivity index (χ4n) is 1.59. The first-order valence-corrected chi connectivity index (χ1v) is 4.99. The molecular formula is C12H13N3. The number of hydrogen-bond acceptors (Lipinski definition) is 3. The van der Waals surface area contributed by atoms with Gasteiger partial charge in [0.2, 0.25) is 0 Å². The summed E-state index contributed by atoms with van der Waals surface area (Å²) in [5.74, 6) is 0. The lowest BCUT2D eigenvalue weighted by Crippen LogP contribution is -2.24. The van der Waals surface area contributed by atoms with Crippen molar-refractivity contribution >= 4 is 0 Å². The van der Waals surface area contributed by atoms with Gasteiger partial charge in [-0.15, -0.1) is 0 Å². The van der Waals surface area contributed by atoms with Crippen LogP contribution in [0.5, 0.6) is 0 Å². The van der Waals surface area contributed by atoms with E-state index in [4.69, 9.17) is 5.26 Å². The fraction of sp³-hybridized carbons (Fsp3) is 0.417.